The van der Waals surface area contributed by atoms with Crippen molar-refractivity contribution in [1.82, 2.24) is 5.32 Å². The molecule has 0 saturated heterocycles. The minimum Gasteiger partial charge on any atom is -0.466 e. The van der Waals surface area contributed by atoms with Gasteiger partial charge in [0, 0.05) is 12.8 Å². The zero-order valence-corrected chi connectivity index (χ0v) is 37.1. The number of esters is 1. The molecule has 6 heteroatoms. The average molecular weight is 788 g/mol. The highest BCUT2D eigenvalue weighted by atomic mass is 16.5. The Bertz CT molecular complexity index is 915. The van der Waals surface area contributed by atoms with Crippen molar-refractivity contribution in [2.45, 2.75) is 257 Å². The number of hydrogen-bond donors (Lipinski definition) is 3. The van der Waals surface area contributed by atoms with E-state index in [1.807, 2.05) is 12.2 Å². The maximum atomic E-state index is 12.3. The predicted molar refractivity (Wildman–Crippen MR) is 241 cm³/mol. The van der Waals surface area contributed by atoms with E-state index in [0.29, 0.717) is 25.9 Å². The fourth-order valence-corrected chi connectivity index (χ4v) is 7.15. The Kier molecular flexibility index (Phi) is 44.2. The van der Waals surface area contributed by atoms with Crippen LogP contribution in [0.15, 0.2) is 36.5 Å². The molecule has 0 aromatic heterocycles. The number of hydrogen-bond acceptors (Lipinski definition) is 5. The lowest BCUT2D eigenvalue weighted by atomic mass is 10.0. The first-order chi connectivity index (χ1) is 27.5. The van der Waals surface area contributed by atoms with Gasteiger partial charge in [0.1, 0.15) is 0 Å². The minimum absolute atomic E-state index is 0.0158. The minimum atomic E-state index is -0.876. The first kappa shape index (κ1) is 54.1. The SMILES string of the molecule is CCCCCCCCC/C=C/C(O)C(CO)NC(=O)CC/C=C\C/C=C\CCCCCCCCOC(=O)CCCCCCCCCCCCCCCCCCC. The molecule has 0 rings (SSSR count). The second-order valence-electron chi connectivity index (χ2n) is 16.4. The van der Waals surface area contributed by atoms with Crippen LogP contribution in [0.3, 0.4) is 0 Å². The normalized spacial score (nSPS) is 13.0. The van der Waals surface area contributed by atoms with Crippen LogP contribution in [0.1, 0.15) is 245 Å². The standard InChI is InChI=1S/C50H93NO5/c1-3-5-7-9-11-13-14-15-16-17-18-21-24-28-32-36-40-44-50(55)56-45-41-37-33-29-25-22-19-20-23-27-31-35-39-43-49(54)51-47(46-52)48(53)42-38-34-30-26-12-10-8-6-4-2/h20,23,31,35,38,42,47-48,52-53H,3-19,21-22,24-30,32-34,36-37,39-41,43-46H2,1-2H3,(H,51,54)/b23-20-,35-31-,42-38+. The van der Waals surface area contributed by atoms with Crippen LogP contribution in [0.5, 0.6) is 0 Å². The van der Waals surface area contributed by atoms with Gasteiger partial charge in [0.15, 0.2) is 0 Å². The van der Waals surface area contributed by atoms with Crippen molar-refractivity contribution in [1.29, 1.82) is 0 Å². The summed E-state index contributed by atoms with van der Waals surface area (Å²) in [6.07, 6.45) is 54.5. The van der Waals surface area contributed by atoms with Crippen molar-refractivity contribution in [3.05, 3.63) is 36.5 Å². The molecule has 0 fully saturated rings. The summed E-state index contributed by atoms with van der Waals surface area (Å²) < 4.78 is 5.45. The fraction of sp³-hybridized carbons (Fsp3) is 0.840. The van der Waals surface area contributed by atoms with E-state index in [1.54, 1.807) is 6.08 Å². The van der Waals surface area contributed by atoms with Gasteiger partial charge < -0.3 is 20.3 Å². The molecule has 0 aliphatic rings. The van der Waals surface area contributed by atoms with Crippen LogP contribution < -0.4 is 5.32 Å². The van der Waals surface area contributed by atoms with Crippen LogP contribution in [0.2, 0.25) is 0 Å². The molecule has 1 amide bonds. The number of aliphatic hydroxyl groups excluding tert-OH is 2. The highest BCUT2D eigenvalue weighted by molar-refractivity contribution is 5.76. The number of unbranched alkanes of at least 4 members (excludes halogenated alkanes) is 29. The highest BCUT2D eigenvalue weighted by Gasteiger charge is 2.17. The Labute approximate surface area is 347 Å². The molecule has 3 N–H and O–H groups in total. The topological polar surface area (TPSA) is 95.9 Å². The molecule has 0 aliphatic carbocycles. The molecule has 6 nitrogen and oxygen atoms in total. The van der Waals surface area contributed by atoms with Crippen LogP contribution in [0.4, 0.5) is 0 Å². The lowest BCUT2D eigenvalue weighted by Gasteiger charge is -2.19. The molecular formula is C50H93NO5. The van der Waals surface area contributed by atoms with Crippen LogP contribution >= 0.6 is 0 Å². The van der Waals surface area contributed by atoms with E-state index in [-0.39, 0.29) is 18.5 Å². The molecule has 0 bridgehead atoms. The smallest absolute Gasteiger partial charge is 0.305 e. The van der Waals surface area contributed by atoms with Crippen molar-refractivity contribution in [3.63, 3.8) is 0 Å². The molecule has 0 aromatic rings. The molecule has 0 radical (unpaired) electrons. The number of rotatable bonds is 44. The molecule has 0 heterocycles. The van der Waals surface area contributed by atoms with Gasteiger partial charge in [-0.2, -0.15) is 0 Å². The Hall–Kier alpha value is -1.92. The van der Waals surface area contributed by atoms with Crippen LogP contribution in [-0.4, -0.2) is 47.4 Å². The van der Waals surface area contributed by atoms with Gasteiger partial charge in [0.05, 0.1) is 25.4 Å². The second kappa shape index (κ2) is 45.8. The lowest BCUT2D eigenvalue weighted by Crippen LogP contribution is -2.45. The van der Waals surface area contributed by atoms with Gasteiger partial charge in [-0.1, -0.05) is 217 Å². The number of allylic oxidation sites excluding steroid dienone is 5. The van der Waals surface area contributed by atoms with Crippen LogP contribution in [-0.2, 0) is 14.3 Å². The molecule has 328 valence electrons. The first-order valence-corrected chi connectivity index (χ1v) is 24.3. The van der Waals surface area contributed by atoms with Crippen LogP contribution in [0, 0.1) is 0 Å². The van der Waals surface area contributed by atoms with E-state index >= 15 is 0 Å². The first-order valence-electron chi connectivity index (χ1n) is 24.3. The highest BCUT2D eigenvalue weighted by Crippen LogP contribution is 2.15. The molecule has 0 saturated carbocycles. The van der Waals surface area contributed by atoms with Crippen molar-refractivity contribution in [2.24, 2.45) is 0 Å². The van der Waals surface area contributed by atoms with Crippen molar-refractivity contribution in [3.8, 4) is 0 Å². The summed E-state index contributed by atoms with van der Waals surface area (Å²) in [5.41, 5.74) is 0. The number of aliphatic hydroxyl groups is 2. The maximum absolute atomic E-state index is 12.3. The van der Waals surface area contributed by atoms with E-state index in [4.69, 9.17) is 4.74 Å². The van der Waals surface area contributed by atoms with Crippen molar-refractivity contribution in [2.75, 3.05) is 13.2 Å². The fourth-order valence-electron chi connectivity index (χ4n) is 7.15. The quantitative estimate of drug-likeness (QED) is 0.0325. The Balaban J connectivity index is 3.52. The summed E-state index contributed by atoms with van der Waals surface area (Å²) in [6.45, 7) is 4.80. The van der Waals surface area contributed by atoms with Crippen molar-refractivity contribution >= 4 is 11.9 Å². The molecule has 2 atom stereocenters. The third-order valence-electron chi connectivity index (χ3n) is 10.9. The molecule has 0 aliphatic heterocycles. The lowest BCUT2D eigenvalue weighted by molar-refractivity contribution is -0.143. The maximum Gasteiger partial charge on any atom is 0.305 e. The second-order valence-corrected chi connectivity index (χ2v) is 16.4. The average Bonchev–Trinajstić information content (AvgIpc) is 3.20. The number of carbonyl (C=O) groups excluding carboxylic acids is 2. The van der Waals surface area contributed by atoms with Crippen LogP contribution in [0.25, 0.3) is 0 Å². The monoisotopic (exact) mass is 788 g/mol. The van der Waals surface area contributed by atoms with Gasteiger partial charge in [-0.15, -0.1) is 0 Å². The molecule has 2 unspecified atom stereocenters. The summed E-state index contributed by atoms with van der Waals surface area (Å²) in [4.78, 5) is 24.3. The van der Waals surface area contributed by atoms with Gasteiger partial charge in [0.25, 0.3) is 0 Å². The summed E-state index contributed by atoms with van der Waals surface area (Å²) in [7, 11) is 0. The predicted octanol–water partition coefficient (Wildman–Crippen LogP) is 14.1. The van der Waals surface area contributed by atoms with E-state index in [2.05, 4.69) is 37.4 Å². The number of carbonyl (C=O) groups is 2. The summed E-state index contributed by atoms with van der Waals surface area (Å²) in [6, 6.07) is -0.669. The summed E-state index contributed by atoms with van der Waals surface area (Å²) >= 11 is 0. The van der Waals surface area contributed by atoms with Gasteiger partial charge in [-0.25, -0.2) is 0 Å². The van der Waals surface area contributed by atoms with Gasteiger partial charge in [-0.3, -0.25) is 9.59 Å². The van der Waals surface area contributed by atoms with Gasteiger partial charge in [-0.05, 0) is 51.4 Å². The molecule has 0 spiro atoms. The number of ether oxygens (including phenoxy) is 1. The van der Waals surface area contributed by atoms with E-state index in [0.717, 1.165) is 51.4 Å². The van der Waals surface area contributed by atoms with E-state index < -0.39 is 12.1 Å². The Morgan fingerprint density at radius 2 is 0.911 bits per heavy atom. The molecule has 56 heavy (non-hydrogen) atoms. The Morgan fingerprint density at radius 3 is 1.39 bits per heavy atom. The van der Waals surface area contributed by atoms with E-state index in [1.165, 1.54) is 161 Å². The number of nitrogens with one attached hydrogen (secondary N) is 1. The molecule has 0 aromatic carbocycles. The van der Waals surface area contributed by atoms with Gasteiger partial charge in [0.2, 0.25) is 5.91 Å². The zero-order chi connectivity index (χ0) is 40.8. The third kappa shape index (κ3) is 41.7. The third-order valence-corrected chi connectivity index (χ3v) is 10.9. The zero-order valence-electron chi connectivity index (χ0n) is 37.1. The van der Waals surface area contributed by atoms with Crippen molar-refractivity contribution < 1.29 is 24.5 Å². The van der Waals surface area contributed by atoms with E-state index in [9.17, 15) is 19.8 Å². The summed E-state index contributed by atoms with van der Waals surface area (Å²) in [5, 5.41) is 22.8. The largest absolute Gasteiger partial charge is 0.466 e. The Morgan fingerprint density at radius 1 is 0.500 bits per heavy atom. The number of amides is 1. The summed E-state index contributed by atoms with van der Waals surface area (Å²) in [5.74, 6) is -0.168. The molecular weight excluding hydrogens is 695 g/mol. The van der Waals surface area contributed by atoms with Gasteiger partial charge >= 0.3 is 5.97 Å².